The predicted molar refractivity (Wildman–Crippen MR) is 105 cm³/mol. The summed E-state index contributed by atoms with van der Waals surface area (Å²) in [6, 6.07) is 7.55. The van der Waals surface area contributed by atoms with Crippen LogP contribution in [0.2, 0.25) is 5.15 Å². The fraction of sp³-hybridized carbons (Fsp3) is 0.158. The Morgan fingerprint density at radius 3 is 2.76 bits per heavy atom. The molecular weight excluding hydrogens is 398 g/mol. The Labute approximate surface area is 170 Å². The second-order valence-electron chi connectivity index (χ2n) is 6.43. The number of nitrogens with two attached hydrogens (primary N) is 1. The highest BCUT2D eigenvalue weighted by Crippen LogP contribution is 2.47. The lowest BCUT2D eigenvalue weighted by molar-refractivity contribution is -0.118. The number of fused-ring (bicyclic) bond motifs is 1. The smallest absolute Gasteiger partial charge is 0.338 e. The van der Waals surface area contributed by atoms with Gasteiger partial charge in [0.05, 0.1) is 30.0 Å². The van der Waals surface area contributed by atoms with Crippen LogP contribution in [0.15, 0.2) is 53.4 Å². The van der Waals surface area contributed by atoms with E-state index < -0.39 is 24.1 Å². The van der Waals surface area contributed by atoms with Crippen LogP contribution in [0.5, 0.6) is 0 Å². The zero-order valence-electron chi connectivity index (χ0n) is 14.9. The molecule has 148 valence electrons. The van der Waals surface area contributed by atoms with Gasteiger partial charge in [-0.25, -0.2) is 14.8 Å². The summed E-state index contributed by atoms with van der Waals surface area (Å²) < 4.78 is 5.56. The molecule has 2 unspecified atom stereocenters. The molecule has 4 rings (SSSR count). The molecule has 0 aromatic carbocycles. The molecule has 10 heteroatoms. The third-order valence-corrected chi connectivity index (χ3v) is 4.87. The Balaban J connectivity index is 1.91. The molecule has 0 radical (unpaired) electrons. The van der Waals surface area contributed by atoms with Gasteiger partial charge in [-0.2, -0.15) is 0 Å². The molecule has 1 aliphatic heterocycles. The molecule has 4 heterocycles. The van der Waals surface area contributed by atoms with E-state index in [1.807, 2.05) is 0 Å². The molecule has 29 heavy (non-hydrogen) atoms. The van der Waals surface area contributed by atoms with Crippen molar-refractivity contribution in [3.05, 3.63) is 71.0 Å². The minimum Gasteiger partial charge on any atom is -0.478 e. The van der Waals surface area contributed by atoms with Gasteiger partial charge >= 0.3 is 5.97 Å². The van der Waals surface area contributed by atoms with Crippen molar-refractivity contribution in [2.75, 3.05) is 10.2 Å². The molecule has 1 amide bonds. The standard InChI is InChI=1S/C19H16ClN5O4/c20-14-4-3-10(9-23-14)12(8-15(21)26)25-16-11(19(27)28)5-6-22-17(16)24-18(25)13-2-1-7-29-13/h1-7,9,12,18H,8H2,(H2,21,26)(H,22,24)(H,27,28). The Hall–Kier alpha value is -3.59. The van der Waals surface area contributed by atoms with Crippen LogP contribution < -0.4 is 16.0 Å². The number of carboxylic acids is 1. The molecule has 4 N–H and O–H groups in total. The van der Waals surface area contributed by atoms with Crippen LogP contribution in [-0.4, -0.2) is 27.0 Å². The number of rotatable bonds is 6. The summed E-state index contributed by atoms with van der Waals surface area (Å²) >= 11 is 5.91. The van der Waals surface area contributed by atoms with Crippen molar-refractivity contribution in [1.82, 2.24) is 9.97 Å². The number of nitrogens with one attached hydrogen (secondary N) is 1. The number of hydrogen-bond donors (Lipinski definition) is 3. The van der Waals surface area contributed by atoms with Crippen LogP contribution in [0, 0.1) is 0 Å². The van der Waals surface area contributed by atoms with E-state index in [-0.39, 0.29) is 12.0 Å². The van der Waals surface area contributed by atoms with Crippen molar-refractivity contribution in [3.63, 3.8) is 0 Å². The van der Waals surface area contributed by atoms with Crippen molar-refractivity contribution in [2.45, 2.75) is 18.6 Å². The highest BCUT2D eigenvalue weighted by Gasteiger charge is 2.41. The molecule has 3 aromatic heterocycles. The number of carbonyl (C=O) groups excluding carboxylic acids is 1. The van der Waals surface area contributed by atoms with Crippen LogP contribution in [0.3, 0.4) is 0 Å². The highest BCUT2D eigenvalue weighted by molar-refractivity contribution is 6.29. The summed E-state index contributed by atoms with van der Waals surface area (Å²) in [4.78, 5) is 33.9. The predicted octanol–water partition coefficient (Wildman–Crippen LogP) is 2.97. The summed E-state index contributed by atoms with van der Waals surface area (Å²) in [5, 5.41) is 13.2. The molecule has 0 saturated carbocycles. The van der Waals surface area contributed by atoms with Gasteiger partial charge in [-0.1, -0.05) is 17.7 Å². The van der Waals surface area contributed by atoms with E-state index in [1.54, 1.807) is 29.2 Å². The Morgan fingerprint density at radius 1 is 1.31 bits per heavy atom. The lowest BCUT2D eigenvalue weighted by Crippen LogP contribution is -2.35. The average Bonchev–Trinajstić information content (AvgIpc) is 3.34. The Kier molecular flexibility index (Phi) is 4.81. The topological polar surface area (TPSA) is 135 Å². The minimum absolute atomic E-state index is 0.0351. The van der Waals surface area contributed by atoms with Gasteiger partial charge in [0.2, 0.25) is 5.91 Å². The number of aromatic carboxylic acids is 1. The number of carbonyl (C=O) groups is 2. The van der Waals surface area contributed by atoms with Crippen LogP contribution in [-0.2, 0) is 4.79 Å². The van der Waals surface area contributed by atoms with Crippen molar-refractivity contribution in [1.29, 1.82) is 0 Å². The molecule has 2 atom stereocenters. The molecule has 1 aliphatic rings. The molecule has 9 nitrogen and oxygen atoms in total. The fourth-order valence-corrected chi connectivity index (χ4v) is 3.58. The van der Waals surface area contributed by atoms with E-state index in [4.69, 9.17) is 21.8 Å². The number of furan rings is 1. The van der Waals surface area contributed by atoms with Crippen molar-refractivity contribution in [3.8, 4) is 0 Å². The third kappa shape index (κ3) is 3.47. The normalized spacial score (nSPS) is 16.2. The van der Waals surface area contributed by atoms with Crippen LogP contribution >= 0.6 is 11.6 Å². The average molecular weight is 414 g/mol. The summed E-state index contributed by atoms with van der Waals surface area (Å²) in [7, 11) is 0. The minimum atomic E-state index is -1.12. The lowest BCUT2D eigenvalue weighted by Gasteiger charge is -2.34. The third-order valence-electron chi connectivity index (χ3n) is 4.64. The molecule has 3 aromatic rings. The first-order valence-corrected chi connectivity index (χ1v) is 9.04. The first-order valence-electron chi connectivity index (χ1n) is 8.66. The fourth-order valence-electron chi connectivity index (χ4n) is 3.46. The molecular formula is C19H16ClN5O4. The molecule has 0 spiro atoms. The van der Waals surface area contributed by atoms with E-state index in [0.29, 0.717) is 28.0 Å². The maximum Gasteiger partial charge on any atom is 0.338 e. The second kappa shape index (κ2) is 7.44. The van der Waals surface area contributed by atoms with E-state index in [9.17, 15) is 14.7 Å². The zero-order chi connectivity index (χ0) is 20.5. The summed E-state index contributed by atoms with van der Waals surface area (Å²) in [5.74, 6) is -0.793. The summed E-state index contributed by atoms with van der Waals surface area (Å²) in [6.45, 7) is 0. The highest BCUT2D eigenvalue weighted by atomic mass is 35.5. The van der Waals surface area contributed by atoms with E-state index in [1.165, 1.54) is 24.7 Å². The monoisotopic (exact) mass is 413 g/mol. The van der Waals surface area contributed by atoms with Gasteiger partial charge in [-0.3, -0.25) is 4.79 Å². The number of halogens is 1. The SMILES string of the molecule is NC(=O)CC(c1ccc(Cl)nc1)N1c2c(C(=O)O)ccnc2NC1c1ccco1. The first-order chi connectivity index (χ1) is 14.0. The van der Waals surface area contributed by atoms with Gasteiger partial charge in [0, 0.05) is 12.4 Å². The van der Waals surface area contributed by atoms with Gasteiger partial charge in [-0.15, -0.1) is 0 Å². The van der Waals surface area contributed by atoms with Gasteiger partial charge in [0.1, 0.15) is 10.9 Å². The van der Waals surface area contributed by atoms with Gasteiger partial charge in [0.25, 0.3) is 0 Å². The van der Waals surface area contributed by atoms with E-state index in [2.05, 4.69) is 15.3 Å². The number of amides is 1. The largest absolute Gasteiger partial charge is 0.478 e. The van der Waals surface area contributed by atoms with Crippen LogP contribution in [0.1, 0.15) is 40.3 Å². The van der Waals surface area contributed by atoms with E-state index >= 15 is 0 Å². The first kappa shape index (κ1) is 18.8. The van der Waals surface area contributed by atoms with Crippen molar-refractivity contribution >= 4 is 35.0 Å². The van der Waals surface area contributed by atoms with Crippen molar-refractivity contribution < 1.29 is 19.1 Å². The summed E-state index contributed by atoms with van der Waals surface area (Å²) in [5.41, 5.74) is 6.53. The molecule has 0 fully saturated rings. The van der Waals surface area contributed by atoms with Gasteiger partial charge in [-0.05, 0) is 29.8 Å². The number of nitrogens with zero attached hydrogens (tertiary/aromatic N) is 3. The maximum atomic E-state index is 11.9. The zero-order valence-corrected chi connectivity index (χ0v) is 15.7. The number of carboxylic acid groups (broad SMARTS) is 1. The molecule has 0 bridgehead atoms. The Bertz CT molecular complexity index is 1050. The number of pyridine rings is 2. The Morgan fingerprint density at radius 2 is 2.14 bits per heavy atom. The summed E-state index contributed by atoms with van der Waals surface area (Å²) in [6.07, 6.45) is 3.76. The number of aromatic nitrogens is 2. The van der Waals surface area contributed by atoms with Gasteiger partial charge in [0.15, 0.2) is 12.0 Å². The molecule has 0 saturated heterocycles. The molecule has 0 aliphatic carbocycles. The van der Waals surface area contributed by atoms with Crippen LogP contribution in [0.4, 0.5) is 11.5 Å². The number of primary amides is 1. The van der Waals surface area contributed by atoms with Crippen LogP contribution in [0.25, 0.3) is 0 Å². The second-order valence-corrected chi connectivity index (χ2v) is 6.82. The van der Waals surface area contributed by atoms with Crippen molar-refractivity contribution in [2.24, 2.45) is 5.73 Å². The lowest BCUT2D eigenvalue weighted by atomic mass is 10.0. The van der Waals surface area contributed by atoms with Gasteiger partial charge < -0.3 is 25.5 Å². The maximum absolute atomic E-state index is 11.9. The number of anilines is 2. The van der Waals surface area contributed by atoms with E-state index in [0.717, 1.165) is 0 Å². The number of hydrogen-bond acceptors (Lipinski definition) is 7. The quantitative estimate of drug-likeness (QED) is 0.525.